The highest BCUT2D eigenvalue weighted by atomic mass is 19.1. The Bertz CT molecular complexity index is 317. The summed E-state index contributed by atoms with van der Waals surface area (Å²) in [5.41, 5.74) is 6.84. The molecule has 0 aliphatic rings. The average Bonchev–Trinajstić information content (AvgIpc) is 2.17. The van der Waals surface area contributed by atoms with Gasteiger partial charge in [0.05, 0.1) is 18.0 Å². The fourth-order valence-corrected chi connectivity index (χ4v) is 1.32. The van der Waals surface area contributed by atoms with Crippen LogP contribution in [0.5, 0.6) is 0 Å². The molecule has 1 rings (SSSR count). The first-order valence-corrected chi connectivity index (χ1v) is 4.91. The van der Waals surface area contributed by atoms with Crippen LogP contribution in [0.3, 0.4) is 0 Å². The predicted octanol–water partition coefficient (Wildman–Crippen LogP) is 2.10. The molecule has 0 bridgehead atoms. The topological polar surface area (TPSA) is 47.3 Å². The van der Waals surface area contributed by atoms with Crippen molar-refractivity contribution in [2.75, 3.05) is 31.3 Å². The van der Waals surface area contributed by atoms with Gasteiger partial charge in [-0.1, -0.05) is 6.92 Å². The average molecular weight is 212 g/mol. The molecule has 0 aliphatic heterocycles. The fraction of sp³-hybridized carbons (Fsp3) is 0.455. The van der Waals surface area contributed by atoms with Crippen molar-refractivity contribution in [1.82, 2.24) is 0 Å². The SMILES string of the molecule is COCC(C)CNc1ccc(F)cc1N. The Kier molecular flexibility index (Phi) is 4.37. The second-order valence-electron chi connectivity index (χ2n) is 3.67. The largest absolute Gasteiger partial charge is 0.397 e. The molecule has 0 amide bonds. The number of hydrogen-bond acceptors (Lipinski definition) is 3. The van der Waals surface area contributed by atoms with E-state index < -0.39 is 0 Å². The maximum absolute atomic E-state index is 12.7. The van der Waals surface area contributed by atoms with Crippen LogP contribution in [-0.2, 0) is 4.74 Å². The number of hydrogen-bond donors (Lipinski definition) is 2. The molecular formula is C11H17FN2O. The van der Waals surface area contributed by atoms with Gasteiger partial charge in [0.2, 0.25) is 0 Å². The van der Waals surface area contributed by atoms with Gasteiger partial charge in [-0.3, -0.25) is 0 Å². The van der Waals surface area contributed by atoms with Gasteiger partial charge in [0, 0.05) is 13.7 Å². The molecule has 15 heavy (non-hydrogen) atoms. The molecule has 0 saturated carbocycles. The number of benzene rings is 1. The highest BCUT2D eigenvalue weighted by Gasteiger charge is 2.03. The quantitative estimate of drug-likeness (QED) is 0.735. The molecule has 4 heteroatoms. The number of halogens is 1. The molecule has 0 radical (unpaired) electrons. The minimum Gasteiger partial charge on any atom is -0.397 e. The number of methoxy groups -OCH3 is 1. The molecule has 1 aromatic carbocycles. The number of anilines is 2. The second kappa shape index (κ2) is 5.56. The van der Waals surface area contributed by atoms with Gasteiger partial charge in [-0.25, -0.2) is 4.39 Å². The van der Waals surface area contributed by atoms with Crippen LogP contribution in [0.2, 0.25) is 0 Å². The molecule has 0 heterocycles. The minimum atomic E-state index is -0.317. The van der Waals surface area contributed by atoms with Crippen molar-refractivity contribution >= 4 is 11.4 Å². The van der Waals surface area contributed by atoms with E-state index in [0.717, 1.165) is 12.2 Å². The van der Waals surface area contributed by atoms with Crippen molar-refractivity contribution in [3.05, 3.63) is 24.0 Å². The molecule has 0 aromatic heterocycles. The molecular weight excluding hydrogens is 195 g/mol. The lowest BCUT2D eigenvalue weighted by atomic mass is 10.2. The third-order valence-electron chi connectivity index (χ3n) is 2.11. The van der Waals surface area contributed by atoms with Crippen LogP contribution < -0.4 is 11.1 Å². The van der Waals surface area contributed by atoms with Crippen LogP contribution in [0.15, 0.2) is 18.2 Å². The number of nitrogen functional groups attached to an aromatic ring is 1. The lowest BCUT2D eigenvalue weighted by Crippen LogP contribution is -2.16. The Balaban J connectivity index is 2.50. The van der Waals surface area contributed by atoms with Gasteiger partial charge in [-0.2, -0.15) is 0 Å². The molecule has 1 unspecified atom stereocenters. The van der Waals surface area contributed by atoms with E-state index in [1.165, 1.54) is 12.1 Å². The van der Waals surface area contributed by atoms with Crippen LogP contribution in [-0.4, -0.2) is 20.3 Å². The molecule has 1 atom stereocenters. The van der Waals surface area contributed by atoms with Gasteiger partial charge < -0.3 is 15.8 Å². The van der Waals surface area contributed by atoms with Crippen LogP contribution in [0.25, 0.3) is 0 Å². The van der Waals surface area contributed by atoms with E-state index in [4.69, 9.17) is 10.5 Å². The molecule has 0 spiro atoms. The monoisotopic (exact) mass is 212 g/mol. The normalized spacial score (nSPS) is 12.5. The Hall–Kier alpha value is -1.29. The molecule has 0 saturated heterocycles. The summed E-state index contributed by atoms with van der Waals surface area (Å²) in [6.45, 7) is 3.51. The van der Waals surface area contributed by atoms with Crippen LogP contribution in [0.4, 0.5) is 15.8 Å². The molecule has 0 fully saturated rings. The Morgan fingerprint density at radius 3 is 2.87 bits per heavy atom. The maximum atomic E-state index is 12.7. The van der Waals surface area contributed by atoms with E-state index >= 15 is 0 Å². The van der Waals surface area contributed by atoms with Crippen LogP contribution >= 0.6 is 0 Å². The van der Waals surface area contributed by atoms with E-state index in [0.29, 0.717) is 18.2 Å². The number of nitrogens with two attached hydrogens (primary N) is 1. The number of rotatable bonds is 5. The van der Waals surface area contributed by atoms with Crippen molar-refractivity contribution in [2.24, 2.45) is 5.92 Å². The van der Waals surface area contributed by atoms with Crippen LogP contribution in [0, 0.1) is 11.7 Å². The predicted molar refractivity (Wildman–Crippen MR) is 60.3 cm³/mol. The zero-order chi connectivity index (χ0) is 11.3. The first-order valence-electron chi connectivity index (χ1n) is 4.91. The van der Waals surface area contributed by atoms with E-state index in [2.05, 4.69) is 12.2 Å². The summed E-state index contributed by atoms with van der Waals surface area (Å²) in [6.07, 6.45) is 0. The van der Waals surface area contributed by atoms with Gasteiger partial charge in [0.15, 0.2) is 0 Å². The Morgan fingerprint density at radius 1 is 1.53 bits per heavy atom. The summed E-state index contributed by atoms with van der Waals surface area (Å²) in [4.78, 5) is 0. The van der Waals surface area contributed by atoms with E-state index in [1.807, 2.05) is 0 Å². The molecule has 3 nitrogen and oxygen atoms in total. The van der Waals surface area contributed by atoms with Gasteiger partial charge in [-0.15, -0.1) is 0 Å². The van der Waals surface area contributed by atoms with Crippen molar-refractivity contribution in [1.29, 1.82) is 0 Å². The minimum absolute atomic E-state index is 0.317. The van der Waals surface area contributed by atoms with Gasteiger partial charge in [0.1, 0.15) is 5.82 Å². The summed E-state index contributed by atoms with van der Waals surface area (Å²) in [5.74, 6) is 0.0717. The zero-order valence-electron chi connectivity index (χ0n) is 9.09. The van der Waals surface area contributed by atoms with Crippen LogP contribution in [0.1, 0.15) is 6.92 Å². The summed E-state index contributed by atoms with van der Waals surface area (Å²) in [5, 5.41) is 3.15. The van der Waals surface area contributed by atoms with Gasteiger partial charge in [-0.05, 0) is 24.1 Å². The molecule has 3 N–H and O–H groups in total. The van der Waals surface area contributed by atoms with E-state index in [9.17, 15) is 4.39 Å². The zero-order valence-corrected chi connectivity index (χ0v) is 9.09. The summed E-state index contributed by atoms with van der Waals surface area (Å²) >= 11 is 0. The first-order chi connectivity index (χ1) is 7.13. The standard InChI is InChI=1S/C11H17FN2O/c1-8(7-15-2)6-14-11-4-3-9(12)5-10(11)13/h3-5,8,14H,6-7,13H2,1-2H3. The third-order valence-corrected chi connectivity index (χ3v) is 2.11. The highest BCUT2D eigenvalue weighted by Crippen LogP contribution is 2.19. The van der Waals surface area contributed by atoms with E-state index in [-0.39, 0.29) is 5.82 Å². The highest BCUT2D eigenvalue weighted by molar-refractivity contribution is 5.65. The van der Waals surface area contributed by atoms with Crippen molar-refractivity contribution in [3.63, 3.8) is 0 Å². The number of nitrogens with one attached hydrogen (secondary N) is 1. The smallest absolute Gasteiger partial charge is 0.125 e. The summed E-state index contributed by atoms with van der Waals surface area (Å²) in [6, 6.07) is 4.34. The lowest BCUT2D eigenvalue weighted by molar-refractivity contribution is 0.164. The fourth-order valence-electron chi connectivity index (χ4n) is 1.32. The van der Waals surface area contributed by atoms with Crippen molar-refractivity contribution in [3.8, 4) is 0 Å². The van der Waals surface area contributed by atoms with Crippen molar-refractivity contribution in [2.45, 2.75) is 6.92 Å². The molecule has 0 aliphatic carbocycles. The summed E-state index contributed by atoms with van der Waals surface area (Å²) in [7, 11) is 1.67. The first kappa shape index (κ1) is 11.8. The second-order valence-corrected chi connectivity index (χ2v) is 3.67. The Labute approximate surface area is 89.4 Å². The lowest BCUT2D eigenvalue weighted by Gasteiger charge is -2.13. The van der Waals surface area contributed by atoms with E-state index in [1.54, 1.807) is 13.2 Å². The summed E-state index contributed by atoms with van der Waals surface area (Å²) < 4.78 is 17.7. The molecule has 1 aromatic rings. The maximum Gasteiger partial charge on any atom is 0.125 e. The third kappa shape index (κ3) is 3.75. The van der Waals surface area contributed by atoms with Gasteiger partial charge in [0.25, 0.3) is 0 Å². The molecule has 84 valence electrons. The van der Waals surface area contributed by atoms with Crippen molar-refractivity contribution < 1.29 is 9.13 Å². The van der Waals surface area contributed by atoms with Gasteiger partial charge >= 0.3 is 0 Å². The Morgan fingerprint density at radius 2 is 2.27 bits per heavy atom. The number of ether oxygens (including phenoxy) is 1.